The Labute approximate surface area is 180 Å². The van der Waals surface area contributed by atoms with Crippen molar-refractivity contribution in [1.29, 1.82) is 0 Å². The van der Waals surface area contributed by atoms with E-state index in [-0.39, 0.29) is 25.5 Å². The summed E-state index contributed by atoms with van der Waals surface area (Å²) in [6.45, 7) is 1.98. The van der Waals surface area contributed by atoms with E-state index in [2.05, 4.69) is 4.98 Å². The Morgan fingerprint density at radius 2 is 1.90 bits per heavy atom. The zero-order valence-corrected chi connectivity index (χ0v) is 17.1. The standard InChI is InChI=1S/C24H22N2O5/c1-17-24(28)26(20-9-3-5-11-22(20)30-17)14-12-23(27)29-16-18-7-2-4-10-21(18)31-19-8-6-13-25-15-19/h2-11,13,15,17H,12,14,16H2,1H3. The van der Waals surface area contributed by atoms with Crippen LogP contribution in [0, 0.1) is 0 Å². The molecule has 3 aromatic rings. The number of benzene rings is 2. The van der Waals surface area contributed by atoms with Crippen molar-refractivity contribution in [2.45, 2.75) is 26.1 Å². The lowest BCUT2D eigenvalue weighted by molar-refractivity contribution is -0.144. The lowest BCUT2D eigenvalue weighted by atomic mass is 10.2. The first-order chi connectivity index (χ1) is 15.1. The lowest BCUT2D eigenvalue weighted by Gasteiger charge is -2.32. The second-order valence-corrected chi connectivity index (χ2v) is 7.03. The van der Waals surface area contributed by atoms with Crippen LogP contribution in [-0.4, -0.2) is 29.5 Å². The van der Waals surface area contributed by atoms with Gasteiger partial charge in [-0.15, -0.1) is 0 Å². The van der Waals surface area contributed by atoms with E-state index in [1.54, 1.807) is 48.5 Å². The molecule has 1 aromatic heterocycles. The van der Waals surface area contributed by atoms with Gasteiger partial charge in [-0.25, -0.2) is 0 Å². The third kappa shape index (κ3) is 4.83. The highest BCUT2D eigenvalue weighted by atomic mass is 16.5. The monoisotopic (exact) mass is 418 g/mol. The zero-order valence-electron chi connectivity index (χ0n) is 17.1. The molecule has 0 spiro atoms. The van der Waals surface area contributed by atoms with Gasteiger partial charge in [-0.1, -0.05) is 30.3 Å². The summed E-state index contributed by atoms with van der Waals surface area (Å²) in [4.78, 5) is 30.5. The Hall–Kier alpha value is -3.87. The lowest BCUT2D eigenvalue weighted by Crippen LogP contribution is -2.45. The Morgan fingerprint density at radius 1 is 1.10 bits per heavy atom. The molecule has 2 aromatic carbocycles. The molecule has 0 aliphatic carbocycles. The molecule has 1 aliphatic heterocycles. The van der Waals surface area contributed by atoms with Crippen LogP contribution in [0.1, 0.15) is 18.9 Å². The van der Waals surface area contributed by atoms with Gasteiger partial charge < -0.3 is 19.1 Å². The SMILES string of the molecule is CC1Oc2ccccc2N(CCC(=O)OCc2ccccc2Oc2cccnc2)C1=O. The van der Waals surface area contributed by atoms with Crippen molar-refractivity contribution in [3.63, 3.8) is 0 Å². The van der Waals surface area contributed by atoms with E-state index in [4.69, 9.17) is 14.2 Å². The van der Waals surface area contributed by atoms with E-state index < -0.39 is 12.1 Å². The Kier molecular flexibility index (Phi) is 6.12. The van der Waals surface area contributed by atoms with Crippen molar-refractivity contribution < 1.29 is 23.8 Å². The fourth-order valence-electron chi connectivity index (χ4n) is 3.28. The van der Waals surface area contributed by atoms with Gasteiger partial charge in [0.1, 0.15) is 23.9 Å². The number of para-hydroxylation sites is 3. The number of fused-ring (bicyclic) bond motifs is 1. The highest BCUT2D eigenvalue weighted by molar-refractivity contribution is 6.00. The van der Waals surface area contributed by atoms with Crippen LogP contribution < -0.4 is 14.4 Å². The van der Waals surface area contributed by atoms with Crippen LogP contribution in [0.25, 0.3) is 0 Å². The Balaban J connectivity index is 1.36. The molecule has 158 valence electrons. The first-order valence-electron chi connectivity index (χ1n) is 10.0. The summed E-state index contributed by atoms with van der Waals surface area (Å²) in [6.07, 6.45) is 2.75. The maximum absolute atomic E-state index is 12.5. The van der Waals surface area contributed by atoms with Gasteiger partial charge >= 0.3 is 5.97 Å². The van der Waals surface area contributed by atoms with Crippen LogP contribution >= 0.6 is 0 Å². The van der Waals surface area contributed by atoms with Crippen LogP contribution in [-0.2, 0) is 20.9 Å². The van der Waals surface area contributed by atoms with E-state index in [9.17, 15) is 9.59 Å². The van der Waals surface area contributed by atoms with E-state index >= 15 is 0 Å². The molecule has 0 fully saturated rings. The first kappa shape index (κ1) is 20.4. The number of amides is 1. The molecule has 0 bridgehead atoms. The van der Waals surface area contributed by atoms with Crippen LogP contribution in [0.2, 0.25) is 0 Å². The fourth-order valence-corrected chi connectivity index (χ4v) is 3.28. The quantitative estimate of drug-likeness (QED) is 0.537. The van der Waals surface area contributed by atoms with Gasteiger partial charge in [-0.2, -0.15) is 0 Å². The van der Waals surface area contributed by atoms with Gasteiger partial charge in [-0.05, 0) is 37.3 Å². The van der Waals surface area contributed by atoms with Gasteiger partial charge in [0.15, 0.2) is 6.10 Å². The average molecular weight is 418 g/mol. The molecule has 31 heavy (non-hydrogen) atoms. The highest BCUT2D eigenvalue weighted by Gasteiger charge is 2.31. The maximum Gasteiger partial charge on any atom is 0.307 e. The number of esters is 1. The molecule has 0 saturated heterocycles. The predicted molar refractivity (Wildman–Crippen MR) is 114 cm³/mol. The summed E-state index contributed by atoms with van der Waals surface area (Å²) in [7, 11) is 0. The number of hydrogen-bond donors (Lipinski definition) is 0. The zero-order chi connectivity index (χ0) is 21.6. The maximum atomic E-state index is 12.5. The Morgan fingerprint density at radius 3 is 2.74 bits per heavy atom. The number of anilines is 1. The van der Waals surface area contributed by atoms with E-state index in [1.165, 1.54) is 0 Å². The normalized spacial score (nSPS) is 15.1. The minimum absolute atomic E-state index is 0.0679. The number of aromatic nitrogens is 1. The molecule has 4 rings (SSSR count). The number of pyridine rings is 1. The van der Waals surface area contributed by atoms with Gasteiger partial charge in [0.25, 0.3) is 5.91 Å². The van der Waals surface area contributed by atoms with Gasteiger partial charge in [-0.3, -0.25) is 14.6 Å². The number of carbonyl (C=O) groups excluding carboxylic acids is 2. The smallest absolute Gasteiger partial charge is 0.307 e. The number of ether oxygens (including phenoxy) is 3. The summed E-state index contributed by atoms with van der Waals surface area (Å²) in [6, 6.07) is 18.2. The fraction of sp³-hybridized carbons (Fsp3) is 0.208. The largest absolute Gasteiger partial charge is 0.479 e. The van der Waals surface area contributed by atoms with Crippen molar-refractivity contribution in [1.82, 2.24) is 4.98 Å². The van der Waals surface area contributed by atoms with Crippen molar-refractivity contribution in [2.24, 2.45) is 0 Å². The summed E-state index contributed by atoms with van der Waals surface area (Å²) in [5.41, 5.74) is 1.40. The second-order valence-electron chi connectivity index (χ2n) is 7.03. The minimum Gasteiger partial charge on any atom is -0.479 e. The number of hydrogen-bond acceptors (Lipinski definition) is 6. The molecule has 1 aliphatic rings. The van der Waals surface area contributed by atoms with Crippen LogP contribution in [0.15, 0.2) is 73.1 Å². The van der Waals surface area contributed by atoms with Crippen molar-refractivity contribution >= 4 is 17.6 Å². The molecule has 0 radical (unpaired) electrons. The molecule has 7 heteroatoms. The van der Waals surface area contributed by atoms with Crippen LogP contribution in [0.3, 0.4) is 0 Å². The molecular weight excluding hydrogens is 396 g/mol. The summed E-state index contributed by atoms with van der Waals surface area (Å²) in [5, 5.41) is 0. The van der Waals surface area contributed by atoms with E-state index in [0.717, 1.165) is 5.56 Å². The van der Waals surface area contributed by atoms with Crippen molar-refractivity contribution in [3.05, 3.63) is 78.6 Å². The van der Waals surface area contributed by atoms with Gasteiger partial charge in [0.05, 0.1) is 18.3 Å². The first-order valence-corrected chi connectivity index (χ1v) is 10.0. The number of nitrogens with zero attached hydrogens (tertiary/aromatic N) is 2. The summed E-state index contributed by atoms with van der Waals surface area (Å²) < 4.78 is 16.9. The molecule has 0 N–H and O–H groups in total. The minimum atomic E-state index is -0.595. The van der Waals surface area contributed by atoms with Crippen LogP contribution in [0.4, 0.5) is 5.69 Å². The van der Waals surface area contributed by atoms with Crippen molar-refractivity contribution in [3.8, 4) is 17.2 Å². The molecule has 1 unspecified atom stereocenters. The van der Waals surface area contributed by atoms with Gasteiger partial charge in [0, 0.05) is 18.3 Å². The van der Waals surface area contributed by atoms with Crippen LogP contribution in [0.5, 0.6) is 17.2 Å². The topological polar surface area (TPSA) is 78.0 Å². The second kappa shape index (κ2) is 9.30. The Bertz CT molecular complexity index is 1070. The third-order valence-electron chi connectivity index (χ3n) is 4.84. The molecular formula is C24H22N2O5. The molecule has 0 saturated carbocycles. The molecule has 7 nitrogen and oxygen atoms in total. The highest BCUT2D eigenvalue weighted by Crippen LogP contribution is 2.33. The van der Waals surface area contributed by atoms with E-state index in [0.29, 0.717) is 22.9 Å². The molecule has 1 atom stereocenters. The molecule has 1 amide bonds. The summed E-state index contributed by atoms with van der Waals surface area (Å²) >= 11 is 0. The average Bonchev–Trinajstić information content (AvgIpc) is 2.79. The number of carbonyl (C=O) groups is 2. The van der Waals surface area contributed by atoms with Crippen molar-refractivity contribution in [2.75, 3.05) is 11.4 Å². The summed E-state index contributed by atoms with van der Waals surface area (Å²) in [5.74, 6) is 1.24. The van der Waals surface area contributed by atoms with Gasteiger partial charge in [0.2, 0.25) is 0 Å². The predicted octanol–water partition coefficient (Wildman–Crippen LogP) is 4.12. The number of rotatable bonds is 7. The molecule has 2 heterocycles. The van der Waals surface area contributed by atoms with E-state index in [1.807, 2.05) is 36.4 Å². The third-order valence-corrected chi connectivity index (χ3v) is 4.84.